The SMILES string of the molecule is CCS(=O)(=O)Nc1cc2oc(-c3ccc(C(F)F)cc3)c(C(=O)NC)c2cc1Br. The van der Waals surface area contributed by atoms with Crippen molar-refractivity contribution in [2.24, 2.45) is 0 Å². The fourth-order valence-corrected chi connectivity index (χ4v) is 3.99. The van der Waals surface area contributed by atoms with Gasteiger partial charge in [-0.05, 0) is 28.9 Å². The van der Waals surface area contributed by atoms with Crippen molar-refractivity contribution in [2.75, 3.05) is 17.5 Å². The van der Waals surface area contributed by atoms with E-state index in [2.05, 4.69) is 26.0 Å². The number of carbonyl (C=O) groups excluding carboxylic acids is 1. The predicted octanol–water partition coefficient (Wildman–Crippen LogP) is 4.92. The van der Waals surface area contributed by atoms with Crippen LogP contribution in [-0.2, 0) is 10.0 Å². The minimum Gasteiger partial charge on any atom is -0.455 e. The molecule has 0 saturated heterocycles. The van der Waals surface area contributed by atoms with Crippen molar-refractivity contribution >= 4 is 48.5 Å². The summed E-state index contributed by atoms with van der Waals surface area (Å²) >= 11 is 3.31. The molecule has 1 amide bonds. The third kappa shape index (κ3) is 4.27. The zero-order valence-electron chi connectivity index (χ0n) is 15.4. The maximum atomic E-state index is 12.8. The Balaban J connectivity index is 2.20. The topological polar surface area (TPSA) is 88.4 Å². The molecule has 2 aromatic carbocycles. The zero-order valence-corrected chi connectivity index (χ0v) is 17.8. The maximum absolute atomic E-state index is 12.8. The lowest BCUT2D eigenvalue weighted by molar-refractivity contribution is 0.0964. The van der Waals surface area contributed by atoms with Crippen molar-refractivity contribution in [3.05, 3.63) is 52.0 Å². The van der Waals surface area contributed by atoms with Gasteiger partial charge in [0.2, 0.25) is 10.0 Å². The molecule has 0 saturated carbocycles. The number of halogens is 3. The second-order valence-electron chi connectivity index (χ2n) is 6.14. The molecular formula is C19H17BrF2N2O4S. The fraction of sp³-hybridized carbons (Fsp3) is 0.211. The molecule has 0 radical (unpaired) electrons. The number of hydrogen-bond acceptors (Lipinski definition) is 4. The Morgan fingerprint density at radius 2 is 1.86 bits per heavy atom. The Bertz CT molecular complexity index is 1180. The number of benzene rings is 2. The smallest absolute Gasteiger partial charge is 0.263 e. The monoisotopic (exact) mass is 486 g/mol. The summed E-state index contributed by atoms with van der Waals surface area (Å²) in [6.45, 7) is 1.51. The Kier molecular flexibility index (Phi) is 5.95. The van der Waals surface area contributed by atoms with E-state index >= 15 is 0 Å². The number of amides is 1. The lowest BCUT2D eigenvalue weighted by atomic mass is 10.0. The third-order valence-electron chi connectivity index (χ3n) is 4.30. The first kappa shape index (κ1) is 21.3. The van der Waals surface area contributed by atoms with Gasteiger partial charge in [-0.2, -0.15) is 0 Å². The minimum absolute atomic E-state index is 0.110. The summed E-state index contributed by atoms with van der Waals surface area (Å²) in [6, 6.07) is 8.46. The molecule has 1 aromatic heterocycles. The molecule has 10 heteroatoms. The van der Waals surface area contributed by atoms with Gasteiger partial charge in [-0.15, -0.1) is 0 Å². The van der Waals surface area contributed by atoms with E-state index in [9.17, 15) is 22.0 Å². The Morgan fingerprint density at radius 3 is 2.41 bits per heavy atom. The van der Waals surface area contributed by atoms with Crippen LogP contribution in [0, 0.1) is 0 Å². The highest BCUT2D eigenvalue weighted by Crippen LogP contribution is 2.38. The molecule has 154 valence electrons. The van der Waals surface area contributed by atoms with Gasteiger partial charge in [0.05, 0.1) is 17.0 Å². The number of carbonyl (C=O) groups is 1. The minimum atomic E-state index is -3.53. The third-order valence-corrected chi connectivity index (χ3v) is 6.25. The number of anilines is 1. The van der Waals surface area contributed by atoms with Crippen molar-refractivity contribution in [1.82, 2.24) is 5.32 Å². The average Bonchev–Trinajstić information content (AvgIpc) is 3.05. The van der Waals surface area contributed by atoms with E-state index in [0.717, 1.165) is 0 Å². The first-order valence-electron chi connectivity index (χ1n) is 8.54. The summed E-state index contributed by atoms with van der Waals surface area (Å²) in [7, 11) is -2.06. The fourth-order valence-electron chi connectivity index (χ4n) is 2.77. The number of hydrogen-bond donors (Lipinski definition) is 2. The van der Waals surface area contributed by atoms with Gasteiger partial charge < -0.3 is 9.73 Å². The first-order valence-corrected chi connectivity index (χ1v) is 11.0. The molecule has 29 heavy (non-hydrogen) atoms. The lowest BCUT2D eigenvalue weighted by Gasteiger charge is -2.08. The van der Waals surface area contributed by atoms with Gasteiger partial charge >= 0.3 is 0 Å². The molecule has 0 unspecified atom stereocenters. The van der Waals surface area contributed by atoms with Gasteiger partial charge in [-0.1, -0.05) is 24.3 Å². The van der Waals surface area contributed by atoms with E-state index < -0.39 is 22.4 Å². The molecule has 0 atom stereocenters. The summed E-state index contributed by atoms with van der Waals surface area (Å²) in [6.07, 6.45) is -2.61. The molecule has 0 aliphatic carbocycles. The molecule has 0 bridgehead atoms. The normalized spacial score (nSPS) is 11.8. The number of furan rings is 1. The molecule has 6 nitrogen and oxygen atoms in total. The van der Waals surface area contributed by atoms with Gasteiger partial charge in [-0.25, -0.2) is 17.2 Å². The lowest BCUT2D eigenvalue weighted by Crippen LogP contribution is -2.18. The molecular weight excluding hydrogens is 470 g/mol. The van der Waals surface area contributed by atoms with Gasteiger partial charge in [0.25, 0.3) is 12.3 Å². The Morgan fingerprint density at radius 1 is 1.21 bits per heavy atom. The van der Waals surface area contributed by atoms with E-state index in [1.54, 1.807) is 6.07 Å². The first-order chi connectivity index (χ1) is 13.7. The van der Waals surface area contributed by atoms with E-state index in [0.29, 0.717) is 15.4 Å². The number of nitrogens with one attached hydrogen (secondary N) is 2. The van der Waals surface area contributed by atoms with Gasteiger partial charge in [0.15, 0.2) is 0 Å². The van der Waals surface area contributed by atoms with Gasteiger partial charge in [0, 0.05) is 34.1 Å². The van der Waals surface area contributed by atoms with Crippen molar-refractivity contribution in [3.63, 3.8) is 0 Å². The molecule has 3 rings (SSSR count). The number of rotatable bonds is 6. The molecule has 2 N–H and O–H groups in total. The van der Waals surface area contributed by atoms with Crippen LogP contribution in [0.4, 0.5) is 14.5 Å². The van der Waals surface area contributed by atoms with Crippen molar-refractivity contribution in [3.8, 4) is 11.3 Å². The molecule has 3 aromatic rings. The second kappa shape index (κ2) is 8.11. The van der Waals surface area contributed by atoms with E-state index in [1.165, 1.54) is 44.3 Å². The van der Waals surface area contributed by atoms with E-state index in [4.69, 9.17) is 4.42 Å². The maximum Gasteiger partial charge on any atom is 0.263 e. The zero-order chi connectivity index (χ0) is 21.3. The summed E-state index contributed by atoms with van der Waals surface area (Å²) < 4.78 is 58.2. The van der Waals surface area contributed by atoms with Crippen LogP contribution >= 0.6 is 15.9 Å². The van der Waals surface area contributed by atoms with Crippen molar-refractivity contribution in [1.29, 1.82) is 0 Å². The molecule has 0 fully saturated rings. The highest BCUT2D eigenvalue weighted by Gasteiger charge is 2.23. The summed E-state index contributed by atoms with van der Waals surface area (Å²) in [5.41, 5.74) is 1.05. The van der Waals surface area contributed by atoms with Crippen LogP contribution in [-0.4, -0.2) is 27.1 Å². The van der Waals surface area contributed by atoms with Crippen LogP contribution in [0.3, 0.4) is 0 Å². The second-order valence-corrected chi connectivity index (χ2v) is 9.01. The van der Waals surface area contributed by atoms with Crippen molar-refractivity contribution < 1.29 is 26.4 Å². The Labute approximate surface area is 174 Å². The van der Waals surface area contributed by atoms with E-state index in [-0.39, 0.29) is 33.9 Å². The van der Waals surface area contributed by atoms with Crippen LogP contribution in [0.5, 0.6) is 0 Å². The van der Waals surface area contributed by atoms with Crippen LogP contribution in [0.15, 0.2) is 45.3 Å². The molecule has 0 aliphatic rings. The van der Waals surface area contributed by atoms with Gasteiger partial charge in [0.1, 0.15) is 11.3 Å². The predicted molar refractivity (Wildman–Crippen MR) is 111 cm³/mol. The largest absolute Gasteiger partial charge is 0.455 e. The molecule has 1 heterocycles. The van der Waals surface area contributed by atoms with Crippen LogP contribution in [0.25, 0.3) is 22.3 Å². The number of fused-ring (bicyclic) bond motifs is 1. The standard InChI is InChI=1S/C19H17BrF2N2O4S/c1-3-29(26,27)24-14-9-15-12(8-13(14)20)16(19(25)23-2)17(28-15)10-4-6-11(7-5-10)18(21)22/h4-9,18,24H,3H2,1-2H3,(H,23,25). The summed E-state index contributed by atoms with van der Waals surface area (Å²) in [4.78, 5) is 12.5. The average molecular weight is 487 g/mol. The van der Waals surface area contributed by atoms with Crippen LogP contribution in [0.2, 0.25) is 0 Å². The quantitative estimate of drug-likeness (QED) is 0.517. The van der Waals surface area contributed by atoms with Crippen LogP contribution in [0.1, 0.15) is 29.3 Å². The number of alkyl halides is 2. The highest BCUT2D eigenvalue weighted by molar-refractivity contribution is 9.10. The summed E-state index contributed by atoms with van der Waals surface area (Å²) in [5, 5.41) is 2.98. The summed E-state index contributed by atoms with van der Waals surface area (Å²) in [5.74, 6) is -0.339. The highest BCUT2D eigenvalue weighted by atomic mass is 79.9. The Hall–Kier alpha value is -2.46. The van der Waals surface area contributed by atoms with Crippen LogP contribution < -0.4 is 10.0 Å². The molecule has 0 spiro atoms. The van der Waals surface area contributed by atoms with Gasteiger partial charge in [-0.3, -0.25) is 9.52 Å². The van der Waals surface area contributed by atoms with Crippen molar-refractivity contribution in [2.45, 2.75) is 13.3 Å². The number of sulfonamides is 1. The van der Waals surface area contributed by atoms with E-state index in [1.807, 2.05) is 0 Å². The molecule has 0 aliphatic heterocycles.